The van der Waals surface area contributed by atoms with E-state index in [9.17, 15) is 14.4 Å². The predicted octanol–water partition coefficient (Wildman–Crippen LogP) is 2.17. The van der Waals surface area contributed by atoms with E-state index >= 15 is 0 Å². The third-order valence-electron chi connectivity index (χ3n) is 3.16. The van der Waals surface area contributed by atoms with Gasteiger partial charge in [0.1, 0.15) is 11.5 Å². The second kappa shape index (κ2) is 8.44. The zero-order chi connectivity index (χ0) is 17.5. The second-order valence-electron chi connectivity index (χ2n) is 5.06. The van der Waals surface area contributed by atoms with E-state index in [2.05, 4.69) is 20.8 Å². The number of benzene rings is 1. The van der Waals surface area contributed by atoms with Crippen molar-refractivity contribution in [2.45, 2.75) is 25.3 Å². The number of nitrogens with zero attached hydrogens (tertiary/aromatic N) is 3. The van der Waals surface area contributed by atoms with Crippen LogP contribution in [0.4, 0.5) is 4.39 Å². The van der Waals surface area contributed by atoms with E-state index in [0.29, 0.717) is 28.6 Å². The van der Waals surface area contributed by atoms with Crippen molar-refractivity contribution < 1.29 is 19.0 Å². The van der Waals surface area contributed by atoms with Crippen LogP contribution in [0.5, 0.6) is 0 Å². The standard InChI is InChI=1S/C15H17FN4O3S/c1-9-7-11(3-4-12(9)16)8-13(18-22)14-15(20-23-19-14)24-6-5-17-10(2)21/h3-4,7,22H,5-6,8H2,1-2H3,(H,17,21)/b18-13+. The van der Waals surface area contributed by atoms with Gasteiger partial charge in [-0.2, -0.15) is 0 Å². The molecule has 0 aliphatic heterocycles. The Bertz CT molecular complexity index is 748. The van der Waals surface area contributed by atoms with Crippen LogP contribution in [-0.4, -0.2) is 39.4 Å². The van der Waals surface area contributed by atoms with Gasteiger partial charge >= 0.3 is 0 Å². The molecule has 1 heterocycles. The van der Waals surface area contributed by atoms with Gasteiger partial charge in [-0.15, -0.1) is 0 Å². The van der Waals surface area contributed by atoms with E-state index in [0.717, 1.165) is 5.56 Å². The summed E-state index contributed by atoms with van der Waals surface area (Å²) in [5.74, 6) is 0.159. The molecule has 0 aliphatic rings. The number of amides is 1. The molecule has 1 amide bonds. The molecule has 7 nitrogen and oxygen atoms in total. The molecule has 24 heavy (non-hydrogen) atoms. The Kier molecular flexibility index (Phi) is 6.30. The van der Waals surface area contributed by atoms with Gasteiger partial charge in [-0.3, -0.25) is 4.79 Å². The number of hydrogen-bond acceptors (Lipinski definition) is 7. The summed E-state index contributed by atoms with van der Waals surface area (Å²) in [6.45, 7) is 3.57. The van der Waals surface area contributed by atoms with Crippen molar-refractivity contribution in [1.82, 2.24) is 15.6 Å². The van der Waals surface area contributed by atoms with Crippen molar-refractivity contribution in [1.29, 1.82) is 0 Å². The fourth-order valence-corrected chi connectivity index (χ4v) is 2.78. The van der Waals surface area contributed by atoms with Gasteiger partial charge in [-0.1, -0.05) is 29.1 Å². The maximum absolute atomic E-state index is 13.3. The summed E-state index contributed by atoms with van der Waals surface area (Å²) >= 11 is 1.32. The SMILES string of the molecule is CC(=O)NCCSc1nonc1/C(Cc1ccc(F)c(C)c1)=N/O. The number of rotatable bonds is 7. The van der Waals surface area contributed by atoms with Crippen LogP contribution in [-0.2, 0) is 11.2 Å². The van der Waals surface area contributed by atoms with Crippen molar-refractivity contribution in [3.8, 4) is 0 Å². The van der Waals surface area contributed by atoms with Crippen LogP contribution in [0.25, 0.3) is 0 Å². The molecule has 2 N–H and O–H groups in total. The third kappa shape index (κ3) is 4.79. The van der Waals surface area contributed by atoms with Crippen LogP contribution >= 0.6 is 11.8 Å². The summed E-state index contributed by atoms with van der Waals surface area (Å²) < 4.78 is 18.1. The van der Waals surface area contributed by atoms with Gasteiger partial charge in [-0.05, 0) is 34.4 Å². The van der Waals surface area contributed by atoms with Gasteiger partial charge < -0.3 is 10.5 Å². The second-order valence-corrected chi connectivity index (χ2v) is 6.14. The van der Waals surface area contributed by atoms with Gasteiger partial charge in [0.25, 0.3) is 0 Å². The molecule has 0 radical (unpaired) electrons. The van der Waals surface area contributed by atoms with Gasteiger partial charge in [0.2, 0.25) is 5.91 Å². The van der Waals surface area contributed by atoms with Crippen molar-refractivity contribution in [3.63, 3.8) is 0 Å². The molecule has 9 heteroatoms. The Labute approximate surface area is 142 Å². The fraction of sp³-hybridized carbons (Fsp3) is 0.333. The molecule has 1 aromatic carbocycles. The van der Waals surface area contributed by atoms with Gasteiger partial charge in [0.15, 0.2) is 10.7 Å². The first kappa shape index (κ1) is 17.9. The summed E-state index contributed by atoms with van der Waals surface area (Å²) in [6.07, 6.45) is 0.255. The first-order chi connectivity index (χ1) is 11.5. The smallest absolute Gasteiger partial charge is 0.216 e. The molecule has 0 saturated heterocycles. The lowest BCUT2D eigenvalue weighted by Crippen LogP contribution is -2.22. The first-order valence-electron chi connectivity index (χ1n) is 7.17. The van der Waals surface area contributed by atoms with E-state index in [-0.39, 0.29) is 23.9 Å². The van der Waals surface area contributed by atoms with Crippen LogP contribution in [0.15, 0.2) is 33.0 Å². The number of hydrogen-bond donors (Lipinski definition) is 2. The maximum Gasteiger partial charge on any atom is 0.216 e. The molecule has 0 atom stereocenters. The number of halogens is 1. The summed E-state index contributed by atoms with van der Waals surface area (Å²) in [7, 11) is 0. The molecular formula is C15H17FN4O3S. The molecule has 128 valence electrons. The average molecular weight is 352 g/mol. The minimum atomic E-state index is -0.293. The lowest BCUT2D eigenvalue weighted by Gasteiger charge is -2.05. The van der Waals surface area contributed by atoms with Crippen LogP contribution in [0, 0.1) is 12.7 Å². The van der Waals surface area contributed by atoms with Crippen LogP contribution in [0.2, 0.25) is 0 Å². The molecule has 2 aromatic rings. The Hall–Kier alpha value is -2.42. The molecule has 0 fully saturated rings. The summed E-state index contributed by atoms with van der Waals surface area (Å²) in [5, 5.41) is 23.3. The largest absolute Gasteiger partial charge is 0.411 e. The van der Waals surface area contributed by atoms with E-state index in [4.69, 9.17) is 4.63 Å². The highest BCUT2D eigenvalue weighted by molar-refractivity contribution is 7.99. The number of carbonyl (C=O) groups is 1. The van der Waals surface area contributed by atoms with Crippen molar-refractivity contribution in [2.75, 3.05) is 12.3 Å². The zero-order valence-corrected chi connectivity index (χ0v) is 14.1. The highest BCUT2D eigenvalue weighted by Crippen LogP contribution is 2.21. The normalized spacial score (nSPS) is 11.5. The van der Waals surface area contributed by atoms with Gasteiger partial charge in [0, 0.05) is 25.6 Å². The van der Waals surface area contributed by atoms with Crippen LogP contribution < -0.4 is 5.32 Å². The molecule has 0 bridgehead atoms. The number of nitrogens with one attached hydrogen (secondary N) is 1. The fourth-order valence-electron chi connectivity index (χ4n) is 2.00. The van der Waals surface area contributed by atoms with Crippen molar-refractivity contribution >= 4 is 23.4 Å². The third-order valence-corrected chi connectivity index (χ3v) is 4.11. The molecular weight excluding hydrogens is 335 g/mol. The number of carbonyl (C=O) groups excluding carboxylic acids is 1. The first-order valence-corrected chi connectivity index (χ1v) is 8.16. The maximum atomic E-state index is 13.3. The Morgan fingerprint density at radius 2 is 2.25 bits per heavy atom. The number of thioether (sulfide) groups is 1. The van der Waals surface area contributed by atoms with Crippen molar-refractivity contribution in [2.24, 2.45) is 5.16 Å². The molecule has 0 unspecified atom stereocenters. The zero-order valence-electron chi connectivity index (χ0n) is 13.2. The lowest BCUT2D eigenvalue weighted by atomic mass is 10.0. The number of aryl methyl sites for hydroxylation is 1. The Balaban J connectivity index is 2.07. The Morgan fingerprint density at radius 3 is 2.92 bits per heavy atom. The van der Waals surface area contributed by atoms with E-state index in [1.54, 1.807) is 19.1 Å². The van der Waals surface area contributed by atoms with E-state index < -0.39 is 0 Å². The summed E-state index contributed by atoms with van der Waals surface area (Å²) in [6, 6.07) is 4.66. The average Bonchev–Trinajstić information content (AvgIpc) is 3.00. The van der Waals surface area contributed by atoms with Gasteiger partial charge in [-0.25, -0.2) is 9.02 Å². The molecule has 1 aromatic heterocycles. The minimum absolute atomic E-state index is 0.113. The molecule has 0 saturated carbocycles. The molecule has 2 rings (SSSR count). The van der Waals surface area contributed by atoms with Gasteiger partial charge in [0.05, 0.1) is 0 Å². The van der Waals surface area contributed by atoms with Crippen LogP contribution in [0.3, 0.4) is 0 Å². The lowest BCUT2D eigenvalue weighted by molar-refractivity contribution is -0.118. The monoisotopic (exact) mass is 352 g/mol. The summed E-state index contributed by atoms with van der Waals surface area (Å²) in [5.41, 5.74) is 1.88. The topological polar surface area (TPSA) is 101 Å². The quantitative estimate of drug-likeness (QED) is 0.260. The van der Waals surface area contributed by atoms with E-state index in [1.807, 2.05) is 0 Å². The summed E-state index contributed by atoms with van der Waals surface area (Å²) in [4.78, 5) is 10.8. The number of oxime groups is 1. The Morgan fingerprint density at radius 1 is 1.46 bits per heavy atom. The van der Waals surface area contributed by atoms with Crippen LogP contribution in [0.1, 0.15) is 23.7 Å². The number of aromatic nitrogens is 2. The highest BCUT2D eigenvalue weighted by atomic mass is 32.2. The molecule has 0 aliphatic carbocycles. The minimum Gasteiger partial charge on any atom is -0.411 e. The van der Waals surface area contributed by atoms with E-state index in [1.165, 1.54) is 24.8 Å². The van der Waals surface area contributed by atoms with Crippen molar-refractivity contribution in [3.05, 3.63) is 40.8 Å². The highest BCUT2D eigenvalue weighted by Gasteiger charge is 2.18. The predicted molar refractivity (Wildman–Crippen MR) is 86.9 cm³/mol. The molecule has 0 spiro atoms.